The van der Waals surface area contributed by atoms with E-state index in [2.05, 4.69) is 19.7 Å². The van der Waals surface area contributed by atoms with Crippen LogP contribution in [0.4, 0.5) is 24.9 Å². The van der Waals surface area contributed by atoms with E-state index in [0.717, 1.165) is 66.7 Å². The van der Waals surface area contributed by atoms with Crippen LogP contribution in [0.3, 0.4) is 0 Å². The molecule has 1 aromatic heterocycles. The highest BCUT2D eigenvalue weighted by molar-refractivity contribution is 7.89. The summed E-state index contributed by atoms with van der Waals surface area (Å²) in [5.41, 5.74) is 0.850. The largest absolute Gasteiger partial charge is 0.573 e. The molecule has 1 aliphatic heterocycles. The first kappa shape index (κ1) is 30.8. The molecule has 43 heavy (non-hydrogen) atoms. The maximum Gasteiger partial charge on any atom is 0.573 e. The van der Waals surface area contributed by atoms with Crippen LogP contribution in [-0.2, 0) is 14.8 Å². The SMILES string of the molecule is CC(=O)N1CCN(c2nc(NC[C@H]3CC[C@H](CNS(=O)(=O)c4ccc(OC(F)(F)F)cc4)CC3)nc3ccccc23)CC1. The highest BCUT2D eigenvalue weighted by Gasteiger charge is 2.31. The summed E-state index contributed by atoms with van der Waals surface area (Å²) >= 11 is 0. The number of benzene rings is 2. The van der Waals surface area contributed by atoms with Gasteiger partial charge in [0.2, 0.25) is 21.9 Å². The standard InChI is InChI=1S/C29H35F3N6O4S/c1-20(39)37-14-16-38(17-15-37)27-25-4-2-3-5-26(25)35-28(36-27)33-18-21-6-8-22(9-7-21)19-34-43(40,41)24-12-10-23(11-13-24)42-29(30,31)32/h2-5,10-13,21-22,34H,6-9,14-19H2,1H3,(H,33,35,36)/t21-,22-. The van der Waals surface area contributed by atoms with Gasteiger partial charge < -0.3 is 19.9 Å². The molecule has 1 aliphatic carbocycles. The smallest absolute Gasteiger partial charge is 0.406 e. The van der Waals surface area contributed by atoms with Crippen molar-refractivity contribution >= 4 is 38.6 Å². The number of carbonyl (C=O) groups is 1. The molecular weight excluding hydrogens is 585 g/mol. The number of anilines is 2. The number of alkyl halides is 3. The van der Waals surface area contributed by atoms with Gasteiger partial charge in [0.25, 0.3) is 0 Å². The molecule has 2 N–H and O–H groups in total. The number of hydrogen-bond donors (Lipinski definition) is 2. The van der Waals surface area contributed by atoms with Gasteiger partial charge in [-0.05, 0) is 73.9 Å². The van der Waals surface area contributed by atoms with Crippen molar-refractivity contribution in [2.24, 2.45) is 11.8 Å². The zero-order valence-corrected chi connectivity index (χ0v) is 24.6. The van der Waals surface area contributed by atoms with Crippen LogP contribution in [0.5, 0.6) is 5.75 Å². The lowest BCUT2D eigenvalue weighted by molar-refractivity contribution is -0.274. The zero-order chi connectivity index (χ0) is 30.6. The summed E-state index contributed by atoms with van der Waals surface area (Å²) in [7, 11) is -3.86. The third-order valence-corrected chi connectivity index (χ3v) is 9.49. The van der Waals surface area contributed by atoms with Crippen LogP contribution in [0.1, 0.15) is 32.6 Å². The van der Waals surface area contributed by atoms with Gasteiger partial charge in [0.1, 0.15) is 11.6 Å². The van der Waals surface area contributed by atoms with Crippen molar-refractivity contribution in [1.82, 2.24) is 19.6 Å². The molecule has 3 aromatic rings. The van der Waals surface area contributed by atoms with E-state index in [1.54, 1.807) is 6.92 Å². The predicted molar refractivity (Wildman–Crippen MR) is 156 cm³/mol. The molecule has 1 saturated carbocycles. The Balaban J connectivity index is 1.12. The van der Waals surface area contributed by atoms with Crippen LogP contribution in [0, 0.1) is 11.8 Å². The van der Waals surface area contributed by atoms with E-state index in [9.17, 15) is 26.4 Å². The fourth-order valence-electron chi connectivity index (χ4n) is 5.62. The minimum atomic E-state index is -4.84. The number of carbonyl (C=O) groups excluding carboxylic acids is 1. The summed E-state index contributed by atoms with van der Waals surface area (Å²) < 4.78 is 68.8. The van der Waals surface area contributed by atoms with Crippen molar-refractivity contribution in [2.45, 2.75) is 43.9 Å². The number of halogens is 3. The number of ether oxygens (including phenoxy) is 1. The van der Waals surface area contributed by atoms with Crippen LogP contribution < -0.4 is 19.7 Å². The summed E-state index contributed by atoms with van der Waals surface area (Å²) in [6.45, 7) is 5.25. The molecule has 2 aromatic carbocycles. The van der Waals surface area contributed by atoms with Gasteiger partial charge in [0.05, 0.1) is 10.4 Å². The van der Waals surface area contributed by atoms with Gasteiger partial charge in [-0.15, -0.1) is 13.2 Å². The monoisotopic (exact) mass is 620 g/mol. The number of nitrogens with one attached hydrogen (secondary N) is 2. The van der Waals surface area contributed by atoms with E-state index < -0.39 is 22.1 Å². The lowest BCUT2D eigenvalue weighted by Crippen LogP contribution is -2.48. The number of fused-ring (bicyclic) bond motifs is 1. The van der Waals surface area contributed by atoms with Gasteiger partial charge in [-0.25, -0.2) is 18.1 Å². The van der Waals surface area contributed by atoms with Crippen LogP contribution in [0.2, 0.25) is 0 Å². The van der Waals surface area contributed by atoms with Crippen molar-refractivity contribution in [1.29, 1.82) is 0 Å². The first-order chi connectivity index (χ1) is 20.5. The van der Waals surface area contributed by atoms with Gasteiger partial charge in [-0.3, -0.25) is 4.79 Å². The Bertz CT molecular complexity index is 1520. The number of sulfonamides is 1. The number of piperazine rings is 1. The number of nitrogens with zero attached hydrogens (tertiary/aromatic N) is 4. The molecule has 14 heteroatoms. The normalized spacial score (nSPS) is 19.8. The molecule has 2 heterocycles. The number of amides is 1. The zero-order valence-electron chi connectivity index (χ0n) is 23.8. The van der Waals surface area contributed by atoms with Crippen LogP contribution >= 0.6 is 0 Å². The van der Waals surface area contributed by atoms with Crippen molar-refractivity contribution in [3.8, 4) is 5.75 Å². The first-order valence-electron chi connectivity index (χ1n) is 14.3. The number of aromatic nitrogens is 2. The average molecular weight is 621 g/mol. The van der Waals surface area contributed by atoms with E-state index in [1.165, 1.54) is 0 Å². The molecule has 232 valence electrons. The second kappa shape index (κ2) is 12.9. The second-order valence-electron chi connectivity index (χ2n) is 11.0. The van der Waals surface area contributed by atoms with Gasteiger partial charge >= 0.3 is 6.36 Å². The molecule has 0 spiro atoms. The summed E-state index contributed by atoms with van der Waals surface area (Å²) in [4.78, 5) is 25.3. The van der Waals surface area contributed by atoms with E-state index in [4.69, 9.17) is 9.97 Å². The van der Waals surface area contributed by atoms with E-state index in [1.807, 2.05) is 29.2 Å². The lowest BCUT2D eigenvalue weighted by atomic mass is 9.82. The minimum absolute atomic E-state index is 0.0785. The first-order valence-corrected chi connectivity index (χ1v) is 15.8. The summed E-state index contributed by atoms with van der Waals surface area (Å²) in [6.07, 6.45) is -1.33. The molecule has 0 unspecified atom stereocenters. The third kappa shape index (κ3) is 8.05. The van der Waals surface area contributed by atoms with Crippen molar-refractivity contribution < 1.29 is 31.1 Å². The Morgan fingerprint density at radius 3 is 2.19 bits per heavy atom. The molecule has 0 bridgehead atoms. The summed E-state index contributed by atoms with van der Waals surface area (Å²) in [5.74, 6) is 1.56. The van der Waals surface area contributed by atoms with Crippen LogP contribution in [-0.4, -0.2) is 74.8 Å². The molecule has 0 atom stereocenters. The molecule has 0 radical (unpaired) electrons. The maximum absolute atomic E-state index is 12.7. The topological polar surface area (TPSA) is 117 Å². The Labute approximate surface area is 248 Å². The minimum Gasteiger partial charge on any atom is -0.406 e. The summed E-state index contributed by atoms with van der Waals surface area (Å²) in [6, 6.07) is 12.1. The molecule has 1 amide bonds. The van der Waals surface area contributed by atoms with Gasteiger partial charge in [0, 0.05) is 51.6 Å². The Morgan fingerprint density at radius 2 is 1.56 bits per heavy atom. The Hall–Kier alpha value is -3.65. The van der Waals surface area contributed by atoms with Gasteiger partial charge in [-0.1, -0.05) is 12.1 Å². The molecule has 10 nitrogen and oxygen atoms in total. The van der Waals surface area contributed by atoms with E-state index >= 15 is 0 Å². The average Bonchev–Trinajstić information content (AvgIpc) is 2.98. The Morgan fingerprint density at radius 1 is 0.930 bits per heavy atom. The highest BCUT2D eigenvalue weighted by Crippen LogP contribution is 2.31. The lowest BCUT2D eigenvalue weighted by Gasteiger charge is -2.35. The van der Waals surface area contributed by atoms with Crippen molar-refractivity contribution in [3.63, 3.8) is 0 Å². The van der Waals surface area contributed by atoms with Gasteiger partial charge in [-0.2, -0.15) is 4.98 Å². The molecular formula is C29H35F3N6O4S. The molecule has 2 aliphatic rings. The fourth-order valence-corrected chi connectivity index (χ4v) is 6.74. The number of para-hydroxylation sites is 1. The number of hydrogen-bond acceptors (Lipinski definition) is 8. The van der Waals surface area contributed by atoms with Gasteiger partial charge in [0.15, 0.2) is 0 Å². The molecule has 2 fully saturated rings. The van der Waals surface area contributed by atoms with Crippen LogP contribution in [0.15, 0.2) is 53.4 Å². The molecule has 5 rings (SSSR count). The summed E-state index contributed by atoms with van der Waals surface area (Å²) in [5, 5.41) is 4.39. The molecule has 1 saturated heterocycles. The fraction of sp³-hybridized carbons (Fsp3) is 0.483. The second-order valence-corrected chi connectivity index (χ2v) is 12.8. The third-order valence-electron chi connectivity index (χ3n) is 8.05. The number of rotatable bonds is 9. The van der Waals surface area contributed by atoms with E-state index in [-0.39, 0.29) is 23.3 Å². The van der Waals surface area contributed by atoms with Crippen molar-refractivity contribution in [2.75, 3.05) is 49.5 Å². The maximum atomic E-state index is 12.7. The highest BCUT2D eigenvalue weighted by atomic mass is 32.2. The Kier molecular flexibility index (Phi) is 9.25. The van der Waals surface area contributed by atoms with Crippen LogP contribution in [0.25, 0.3) is 10.9 Å². The van der Waals surface area contributed by atoms with E-state index in [0.29, 0.717) is 44.6 Å². The quantitative estimate of drug-likeness (QED) is 0.362. The predicted octanol–water partition coefficient (Wildman–Crippen LogP) is 4.39. The van der Waals surface area contributed by atoms with Crippen molar-refractivity contribution in [3.05, 3.63) is 48.5 Å².